The molecule has 0 aliphatic rings. The number of benzene rings is 1. The van der Waals surface area contributed by atoms with Gasteiger partial charge in [0.05, 0.1) is 0 Å². The number of ether oxygens (including phenoxy) is 1. The Morgan fingerprint density at radius 3 is 2.39 bits per heavy atom. The van der Waals surface area contributed by atoms with Gasteiger partial charge < -0.3 is 4.74 Å². The number of aryl methyl sites for hydroxylation is 1. The summed E-state index contributed by atoms with van der Waals surface area (Å²) in [5.41, 5.74) is 1.27. The van der Waals surface area contributed by atoms with Crippen LogP contribution in [0.4, 0.5) is 0 Å². The first kappa shape index (κ1) is 14.8. The molecule has 18 heavy (non-hydrogen) atoms. The Bertz CT molecular complexity index is 348. The minimum absolute atomic E-state index is 0.954. The molecule has 0 radical (unpaired) electrons. The Balaban J connectivity index is 2.47. The third-order valence-electron chi connectivity index (χ3n) is 2.98. The van der Waals surface area contributed by atoms with Crippen LogP contribution in [-0.2, 0) is 0 Å². The van der Waals surface area contributed by atoms with Crippen molar-refractivity contribution in [1.82, 2.24) is 0 Å². The van der Waals surface area contributed by atoms with Crippen LogP contribution in [0.25, 0.3) is 0 Å². The van der Waals surface area contributed by atoms with Crippen LogP contribution in [0.3, 0.4) is 0 Å². The van der Waals surface area contributed by atoms with E-state index >= 15 is 0 Å². The van der Waals surface area contributed by atoms with Crippen LogP contribution in [0.1, 0.15) is 57.9 Å². The van der Waals surface area contributed by atoms with Gasteiger partial charge in [-0.15, -0.1) is 0 Å². The summed E-state index contributed by atoms with van der Waals surface area (Å²) in [6, 6.07) is 8.28. The van der Waals surface area contributed by atoms with E-state index < -0.39 is 0 Å². The number of unbranched alkanes of at least 4 members (excludes halogenated alkanes) is 3. The first-order chi connectivity index (χ1) is 8.76. The number of allylic oxidation sites excluding steroid dienone is 2. The molecule has 0 spiro atoms. The number of rotatable bonds is 8. The van der Waals surface area contributed by atoms with Crippen LogP contribution in [0.5, 0.6) is 5.75 Å². The first-order valence-electron chi connectivity index (χ1n) is 7.19. The van der Waals surface area contributed by atoms with Gasteiger partial charge in [0, 0.05) is 6.42 Å². The fraction of sp³-hybridized carbons (Fsp3) is 0.529. The largest absolute Gasteiger partial charge is 0.462 e. The van der Waals surface area contributed by atoms with Gasteiger partial charge in [-0.3, -0.25) is 0 Å². The van der Waals surface area contributed by atoms with Crippen molar-refractivity contribution in [2.24, 2.45) is 0 Å². The molecule has 0 heterocycles. The van der Waals surface area contributed by atoms with Crippen LogP contribution < -0.4 is 4.74 Å². The summed E-state index contributed by atoms with van der Waals surface area (Å²) < 4.78 is 5.95. The third kappa shape index (κ3) is 5.90. The summed E-state index contributed by atoms with van der Waals surface area (Å²) in [7, 11) is 0. The maximum Gasteiger partial charge on any atom is 0.126 e. The van der Waals surface area contributed by atoms with Crippen LogP contribution >= 0.6 is 0 Å². The molecule has 1 heteroatoms. The summed E-state index contributed by atoms with van der Waals surface area (Å²) >= 11 is 0. The van der Waals surface area contributed by atoms with Gasteiger partial charge in [-0.25, -0.2) is 0 Å². The molecule has 1 nitrogen and oxygen atoms in total. The highest BCUT2D eigenvalue weighted by Crippen LogP contribution is 2.19. The standard InChI is InChI=1S/C17H26O/c1-4-6-7-8-10-16(9-5-2)18-17-13-11-15(3)12-14-17/h9,11-14H,4-8,10H2,1-3H3. The predicted molar refractivity (Wildman–Crippen MR) is 78.9 cm³/mol. The summed E-state index contributed by atoms with van der Waals surface area (Å²) in [5.74, 6) is 2.08. The second-order valence-corrected chi connectivity index (χ2v) is 4.80. The Morgan fingerprint density at radius 2 is 1.78 bits per heavy atom. The van der Waals surface area contributed by atoms with Crippen LogP contribution in [0, 0.1) is 6.92 Å². The zero-order valence-electron chi connectivity index (χ0n) is 12.0. The first-order valence-corrected chi connectivity index (χ1v) is 7.19. The van der Waals surface area contributed by atoms with Crippen molar-refractivity contribution in [2.75, 3.05) is 0 Å². The Morgan fingerprint density at radius 1 is 1.06 bits per heavy atom. The van der Waals surface area contributed by atoms with Crippen molar-refractivity contribution in [3.05, 3.63) is 41.7 Å². The zero-order valence-corrected chi connectivity index (χ0v) is 12.0. The lowest BCUT2D eigenvalue weighted by Crippen LogP contribution is -1.96. The highest BCUT2D eigenvalue weighted by molar-refractivity contribution is 5.27. The van der Waals surface area contributed by atoms with Crippen LogP contribution in [0.15, 0.2) is 36.1 Å². The lowest BCUT2D eigenvalue weighted by Gasteiger charge is -2.10. The summed E-state index contributed by atoms with van der Waals surface area (Å²) in [4.78, 5) is 0. The van der Waals surface area contributed by atoms with E-state index in [4.69, 9.17) is 4.74 Å². The van der Waals surface area contributed by atoms with Gasteiger partial charge in [0.15, 0.2) is 0 Å². The van der Waals surface area contributed by atoms with Crippen molar-refractivity contribution in [2.45, 2.75) is 59.3 Å². The van der Waals surface area contributed by atoms with Gasteiger partial charge in [-0.1, -0.05) is 50.8 Å². The summed E-state index contributed by atoms with van der Waals surface area (Å²) in [5, 5.41) is 0. The number of hydrogen-bond acceptors (Lipinski definition) is 1. The van der Waals surface area contributed by atoms with E-state index in [1.165, 1.54) is 31.2 Å². The van der Waals surface area contributed by atoms with E-state index in [-0.39, 0.29) is 0 Å². The second-order valence-electron chi connectivity index (χ2n) is 4.80. The Labute approximate surface area is 112 Å². The van der Waals surface area contributed by atoms with E-state index in [0.717, 1.165) is 24.4 Å². The molecule has 0 saturated carbocycles. The molecule has 100 valence electrons. The average molecular weight is 246 g/mol. The van der Waals surface area contributed by atoms with Crippen molar-refractivity contribution >= 4 is 0 Å². The SMILES string of the molecule is CCC=C(CCCCCC)Oc1ccc(C)cc1. The van der Waals surface area contributed by atoms with Crippen LogP contribution in [-0.4, -0.2) is 0 Å². The second kappa shape index (κ2) is 8.79. The smallest absolute Gasteiger partial charge is 0.126 e. The normalized spacial score (nSPS) is 11.6. The maximum atomic E-state index is 5.95. The van der Waals surface area contributed by atoms with Crippen molar-refractivity contribution in [3.8, 4) is 5.75 Å². The molecule has 0 fully saturated rings. The van der Waals surface area contributed by atoms with Gasteiger partial charge in [0.2, 0.25) is 0 Å². The van der Waals surface area contributed by atoms with E-state index in [1.807, 2.05) is 12.1 Å². The molecule has 0 N–H and O–H groups in total. The molecule has 0 atom stereocenters. The Hall–Kier alpha value is -1.24. The molecule has 0 saturated heterocycles. The monoisotopic (exact) mass is 246 g/mol. The summed E-state index contributed by atoms with van der Waals surface area (Å²) in [6.07, 6.45) is 9.43. The lowest BCUT2D eigenvalue weighted by atomic mass is 10.1. The maximum absolute atomic E-state index is 5.95. The topological polar surface area (TPSA) is 9.23 Å². The molecule has 0 aliphatic carbocycles. The van der Waals surface area contributed by atoms with E-state index in [1.54, 1.807) is 0 Å². The molecule has 0 aliphatic heterocycles. The van der Waals surface area contributed by atoms with E-state index in [0.29, 0.717) is 0 Å². The molecule has 0 aromatic heterocycles. The minimum Gasteiger partial charge on any atom is -0.462 e. The summed E-state index contributed by atoms with van der Waals surface area (Å²) in [6.45, 7) is 6.49. The molecule has 0 bridgehead atoms. The predicted octanol–water partition coefficient (Wildman–Crippen LogP) is 5.64. The fourth-order valence-electron chi connectivity index (χ4n) is 1.91. The van der Waals surface area contributed by atoms with Gasteiger partial charge in [0.1, 0.15) is 11.5 Å². The number of hydrogen-bond donors (Lipinski definition) is 0. The minimum atomic E-state index is 0.954. The molecule has 1 rings (SSSR count). The van der Waals surface area contributed by atoms with Crippen molar-refractivity contribution in [1.29, 1.82) is 0 Å². The van der Waals surface area contributed by atoms with Crippen molar-refractivity contribution in [3.63, 3.8) is 0 Å². The Kier molecular flexibility index (Phi) is 7.24. The lowest BCUT2D eigenvalue weighted by molar-refractivity contribution is 0.393. The molecule has 0 amide bonds. The van der Waals surface area contributed by atoms with Gasteiger partial charge in [-0.05, 0) is 38.0 Å². The molecule has 0 unspecified atom stereocenters. The van der Waals surface area contributed by atoms with Gasteiger partial charge in [-0.2, -0.15) is 0 Å². The quantitative estimate of drug-likeness (QED) is 0.426. The zero-order chi connectivity index (χ0) is 13.2. The van der Waals surface area contributed by atoms with E-state index in [9.17, 15) is 0 Å². The molecule has 1 aromatic carbocycles. The molecule has 1 aromatic rings. The van der Waals surface area contributed by atoms with Crippen molar-refractivity contribution < 1.29 is 4.74 Å². The third-order valence-corrected chi connectivity index (χ3v) is 2.98. The van der Waals surface area contributed by atoms with E-state index in [2.05, 4.69) is 39.0 Å². The average Bonchev–Trinajstić information content (AvgIpc) is 2.37. The molecular weight excluding hydrogens is 220 g/mol. The highest BCUT2D eigenvalue weighted by Gasteiger charge is 2.00. The highest BCUT2D eigenvalue weighted by atomic mass is 16.5. The van der Waals surface area contributed by atoms with Gasteiger partial charge in [0.25, 0.3) is 0 Å². The van der Waals surface area contributed by atoms with Crippen LogP contribution in [0.2, 0.25) is 0 Å². The van der Waals surface area contributed by atoms with Gasteiger partial charge >= 0.3 is 0 Å². The molecular formula is C17H26O. The fourth-order valence-corrected chi connectivity index (χ4v) is 1.91.